The minimum absolute atomic E-state index is 0.0896. The number of carboxylic acid groups (broad SMARTS) is 1. The van der Waals surface area contributed by atoms with Gasteiger partial charge in [-0.25, -0.2) is 13.2 Å². The van der Waals surface area contributed by atoms with Crippen LogP contribution in [0, 0.1) is 5.41 Å². The van der Waals surface area contributed by atoms with E-state index in [4.69, 9.17) is 28.3 Å². The SMILES string of the molecule is CC1(C)CCN(S(=O)(=O)c2ccc(Cl)c(C(=O)O)c2Cl)C1. The molecule has 21 heavy (non-hydrogen) atoms. The van der Waals surface area contributed by atoms with Gasteiger partial charge in [-0.1, -0.05) is 37.0 Å². The standard InChI is InChI=1S/C13H15Cl2NO4S/c1-13(2)5-6-16(7-13)21(19,20)9-4-3-8(14)10(11(9)15)12(17)18/h3-4H,5-7H2,1-2H3,(H,17,18). The highest BCUT2D eigenvalue weighted by Gasteiger charge is 2.38. The van der Waals surface area contributed by atoms with Gasteiger partial charge in [-0.2, -0.15) is 4.31 Å². The van der Waals surface area contributed by atoms with Crippen molar-refractivity contribution in [2.24, 2.45) is 5.41 Å². The van der Waals surface area contributed by atoms with Crippen LogP contribution in [-0.2, 0) is 10.0 Å². The summed E-state index contributed by atoms with van der Waals surface area (Å²) in [4.78, 5) is 10.9. The number of hydrogen-bond acceptors (Lipinski definition) is 3. The zero-order valence-corrected chi connectivity index (χ0v) is 13.9. The van der Waals surface area contributed by atoms with Gasteiger partial charge in [0.15, 0.2) is 0 Å². The first-order valence-corrected chi connectivity index (χ1v) is 8.47. The average Bonchev–Trinajstić information content (AvgIpc) is 2.69. The molecule has 8 heteroatoms. The third kappa shape index (κ3) is 3.04. The number of hydrogen-bond donors (Lipinski definition) is 1. The van der Waals surface area contributed by atoms with E-state index >= 15 is 0 Å². The molecule has 0 amide bonds. The first-order valence-electron chi connectivity index (χ1n) is 6.28. The van der Waals surface area contributed by atoms with Crippen LogP contribution < -0.4 is 0 Å². The van der Waals surface area contributed by atoms with Crippen LogP contribution in [0.15, 0.2) is 17.0 Å². The molecule has 0 saturated carbocycles. The predicted octanol–water partition coefficient (Wildman–Crippen LogP) is 3.11. The van der Waals surface area contributed by atoms with Crippen LogP contribution in [0.4, 0.5) is 0 Å². The molecule has 0 unspecified atom stereocenters. The number of rotatable bonds is 3. The molecule has 0 aromatic heterocycles. The van der Waals surface area contributed by atoms with E-state index in [-0.39, 0.29) is 20.4 Å². The van der Waals surface area contributed by atoms with Crippen molar-refractivity contribution in [1.29, 1.82) is 0 Å². The Labute approximate surface area is 133 Å². The Morgan fingerprint density at radius 2 is 1.95 bits per heavy atom. The van der Waals surface area contributed by atoms with Crippen molar-refractivity contribution >= 4 is 39.2 Å². The van der Waals surface area contributed by atoms with Crippen molar-refractivity contribution in [2.75, 3.05) is 13.1 Å². The van der Waals surface area contributed by atoms with E-state index in [0.29, 0.717) is 13.1 Å². The van der Waals surface area contributed by atoms with Gasteiger partial charge in [0.25, 0.3) is 0 Å². The monoisotopic (exact) mass is 351 g/mol. The van der Waals surface area contributed by atoms with Crippen LogP contribution in [-0.4, -0.2) is 36.9 Å². The Kier molecular flexibility index (Phi) is 4.28. The molecule has 1 aliphatic rings. The number of carboxylic acids is 1. The summed E-state index contributed by atoms with van der Waals surface area (Å²) in [6.07, 6.45) is 0.739. The van der Waals surface area contributed by atoms with Crippen molar-refractivity contribution in [3.8, 4) is 0 Å². The number of sulfonamides is 1. The second-order valence-corrected chi connectivity index (χ2v) is 8.48. The maximum absolute atomic E-state index is 12.6. The normalized spacial score (nSPS) is 18.9. The molecule has 0 bridgehead atoms. The molecule has 1 saturated heterocycles. The average molecular weight is 352 g/mol. The molecule has 1 aromatic rings. The van der Waals surface area contributed by atoms with Gasteiger partial charge >= 0.3 is 5.97 Å². The molecule has 0 atom stereocenters. The Morgan fingerprint density at radius 3 is 2.43 bits per heavy atom. The fraction of sp³-hybridized carbons (Fsp3) is 0.462. The van der Waals surface area contributed by atoms with Gasteiger partial charge in [0.2, 0.25) is 10.0 Å². The second-order valence-electron chi connectivity index (χ2n) is 5.79. The summed E-state index contributed by atoms with van der Waals surface area (Å²) < 4.78 is 26.6. The lowest BCUT2D eigenvalue weighted by atomic mass is 9.93. The van der Waals surface area contributed by atoms with Gasteiger partial charge in [0.1, 0.15) is 4.90 Å². The van der Waals surface area contributed by atoms with Gasteiger partial charge in [-0.3, -0.25) is 0 Å². The van der Waals surface area contributed by atoms with E-state index in [1.165, 1.54) is 16.4 Å². The maximum Gasteiger partial charge on any atom is 0.338 e. The Bertz CT molecular complexity index is 700. The van der Waals surface area contributed by atoms with Crippen molar-refractivity contribution in [1.82, 2.24) is 4.31 Å². The summed E-state index contributed by atoms with van der Waals surface area (Å²) in [5.41, 5.74) is -0.500. The van der Waals surface area contributed by atoms with Crippen molar-refractivity contribution in [3.63, 3.8) is 0 Å². The van der Waals surface area contributed by atoms with Crippen LogP contribution in [0.3, 0.4) is 0 Å². The molecule has 1 fully saturated rings. The van der Waals surface area contributed by atoms with Gasteiger partial charge in [0.05, 0.1) is 15.6 Å². The number of halogens is 2. The smallest absolute Gasteiger partial charge is 0.338 e. The van der Waals surface area contributed by atoms with Gasteiger partial charge in [0, 0.05) is 13.1 Å². The fourth-order valence-corrected chi connectivity index (χ4v) is 4.86. The lowest BCUT2D eigenvalue weighted by Gasteiger charge is -2.20. The molecule has 1 aromatic carbocycles. The van der Waals surface area contributed by atoms with Crippen LogP contribution in [0.1, 0.15) is 30.6 Å². The van der Waals surface area contributed by atoms with Crippen molar-refractivity contribution in [3.05, 3.63) is 27.7 Å². The second kappa shape index (κ2) is 5.43. The topological polar surface area (TPSA) is 74.7 Å². The molecule has 5 nitrogen and oxygen atoms in total. The zero-order chi connectivity index (χ0) is 16.0. The molecular weight excluding hydrogens is 337 g/mol. The van der Waals surface area contributed by atoms with Crippen LogP contribution >= 0.6 is 23.2 Å². The van der Waals surface area contributed by atoms with Crippen molar-refractivity contribution < 1.29 is 18.3 Å². The molecule has 1 aliphatic heterocycles. The summed E-state index contributed by atoms with van der Waals surface area (Å²) in [5, 5.41) is 8.67. The molecule has 1 N–H and O–H groups in total. The number of nitrogens with zero attached hydrogens (tertiary/aromatic N) is 1. The molecule has 116 valence electrons. The summed E-state index contributed by atoms with van der Waals surface area (Å²) in [6, 6.07) is 2.49. The van der Waals surface area contributed by atoms with Gasteiger partial charge < -0.3 is 5.11 Å². The van der Waals surface area contributed by atoms with E-state index in [1.807, 2.05) is 13.8 Å². The molecule has 1 heterocycles. The maximum atomic E-state index is 12.6. The number of aromatic carboxylic acids is 1. The summed E-state index contributed by atoms with van der Waals surface area (Å²) in [5.74, 6) is -1.36. The zero-order valence-electron chi connectivity index (χ0n) is 11.6. The molecule has 2 rings (SSSR count). The fourth-order valence-electron chi connectivity index (χ4n) is 2.34. The van der Waals surface area contributed by atoms with E-state index in [2.05, 4.69) is 0 Å². The summed E-state index contributed by atoms with van der Waals surface area (Å²) >= 11 is 11.7. The largest absolute Gasteiger partial charge is 0.478 e. The first-order chi connectivity index (χ1) is 9.56. The van der Waals surface area contributed by atoms with Crippen LogP contribution in [0.25, 0.3) is 0 Å². The highest BCUT2D eigenvalue weighted by molar-refractivity contribution is 7.89. The van der Waals surface area contributed by atoms with Gasteiger partial charge in [-0.15, -0.1) is 0 Å². The van der Waals surface area contributed by atoms with Crippen LogP contribution in [0.2, 0.25) is 10.0 Å². The van der Waals surface area contributed by atoms with E-state index < -0.39 is 21.6 Å². The molecule has 0 spiro atoms. The van der Waals surface area contributed by atoms with E-state index in [0.717, 1.165) is 6.42 Å². The minimum Gasteiger partial charge on any atom is -0.478 e. The highest BCUT2D eigenvalue weighted by atomic mass is 35.5. The minimum atomic E-state index is -3.83. The Hall–Kier alpha value is -0.820. The first kappa shape index (κ1) is 16.5. The lowest BCUT2D eigenvalue weighted by molar-refractivity contribution is 0.0697. The summed E-state index contributed by atoms with van der Waals surface area (Å²) in [7, 11) is -3.83. The number of carbonyl (C=O) groups is 1. The highest BCUT2D eigenvalue weighted by Crippen LogP contribution is 2.37. The third-order valence-corrected chi connectivity index (χ3v) is 6.24. The van der Waals surface area contributed by atoms with E-state index in [1.54, 1.807) is 0 Å². The van der Waals surface area contributed by atoms with E-state index in [9.17, 15) is 13.2 Å². The Morgan fingerprint density at radius 1 is 1.33 bits per heavy atom. The number of benzene rings is 1. The van der Waals surface area contributed by atoms with Crippen molar-refractivity contribution in [2.45, 2.75) is 25.2 Å². The molecule has 0 aliphatic carbocycles. The predicted molar refractivity (Wildman–Crippen MR) is 80.6 cm³/mol. The lowest BCUT2D eigenvalue weighted by Crippen LogP contribution is -2.30. The summed E-state index contributed by atoms with van der Waals surface area (Å²) in [6.45, 7) is 4.72. The quantitative estimate of drug-likeness (QED) is 0.907. The molecular formula is C13H15Cl2NO4S. The molecule has 0 radical (unpaired) electrons. The Balaban J connectivity index is 2.52. The third-order valence-electron chi connectivity index (χ3n) is 3.53. The van der Waals surface area contributed by atoms with Crippen LogP contribution in [0.5, 0.6) is 0 Å². The van der Waals surface area contributed by atoms with Gasteiger partial charge in [-0.05, 0) is 24.0 Å².